The molecule has 0 bridgehead atoms. The zero-order valence-electron chi connectivity index (χ0n) is 6.55. The summed E-state index contributed by atoms with van der Waals surface area (Å²) < 4.78 is 0. The van der Waals surface area contributed by atoms with E-state index in [-0.39, 0.29) is 0 Å². The molecule has 2 rings (SSSR count). The Morgan fingerprint density at radius 1 is 1.45 bits per heavy atom. The van der Waals surface area contributed by atoms with Crippen LogP contribution >= 0.6 is 11.3 Å². The molecule has 0 amide bonds. The van der Waals surface area contributed by atoms with Crippen molar-refractivity contribution in [3.63, 3.8) is 0 Å². The molecule has 0 aliphatic carbocycles. The maximum atomic E-state index is 3.53. The summed E-state index contributed by atoms with van der Waals surface area (Å²) in [5, 5.41) is 5.69. The second-order valence-corrected chi connectivity index (χ2v) is 4.00. The van der Waals surface area contributed by atoms with Crippen LogP contribution in [0, 0.1) is 0 Å². The third-order valence-electron chi connectivity index (χ3n) is 2.20. The highest BCUT2D eigenvalue weighted by Crippen LogP contribution is 2.25. The molecule has 0 aromatic carbocycles. The Kier molecular flexibility index (Phi) is 2.24. The molecule has 1 atom stereocenters. The van der Waals surface area contributed by atoms with E-state index in [1.54, 1.807) is 0 Å². The molecule has 0 spiro atoms. The van der Waals surface area contributed by atoms with Crippen LogP contribution in [0.15, 0.2) is 17.5 Å². The van der Waals surface area contributed by atoms with Gasteiger partial charge in [0.1, 0.15) is 0 Å². The van der Waals surface area contributed by atoms with Gasteiger partial charge >= 0.3 is 0 Å². The fourth-order valence-corrected chi connectivity index (χ4v) is 2.42. The van der Waals surface area contributed by atoms with Crippen molar-refractivity contribution in [2.24, 2.45) is 0 Å². The average molecular weight is 167 g/mol. The van der Waals surface area contributed by atoms with E-state index in [4.69, 9.17) is 0 Å². The summed E-state index contributed by atoms with van der Waals surface area (Å²) in [6.07, 6.45) is 4.05. The summed E-state index contributed by atoms with van der Waals surface area (Å²) in [4.78, 5) is 1.50. The Hall–Kier alpha value is -0.340. The Balaban J connectivity index is 2.04. The number of rotatable bonds is 1. The first kappa shape index (κ1) is 7.32. The topological polar surface area (TPSA) is 12.0 Å². The van der Waals surface area contributed by atoms with Gasteiger partial charge in [0, 0.05) is 10.9 Å². The van der Waals surface area contributed by atoms with Gasteiger partial charge in [-0.1, -0.05) is 12.5 Å². The summed E-state index contributed by atoms with van der Waals surface area (Å²) in [5.74, 6) is 0. The van der Waals surface area contributed by atoms with Gasteiger partial charge in [-0.05, 0) is 30.8 Å². The van der Waals surface area contributed by atoms with Gasteiger partial charge in [0.2, 0.25) is 0 Å². The molecule has 0 radical (unpaired) electrons. The van der Waals surface area contributed by atoms with Crippen LogP contribution in [0.5, 0.6) is 0 Å². The quantitative estimate of drug-likeness (QED) is 0.678. The Bertz CT molecular complexity index is 199. The van der Waals surface area contributed by atoms with Crippen LogP contribution in [-0.2, 0) is 0 Å². The highest BCUT2D eigenvalue weighted by Gasteiger charge is 2.14. The van der Waals surface area contributed by atoms with Crippen molar-refractivity contribution in [2.75, 3.05) is 6.54 Å². The molecule has 1 aromatic rings. The minimum Gasteiger partial charge on any atom is -0.309 e. The molecule has 1 aliphatic rings. The van der Waals surface area contributed by atoms with Crippen LogP contribution < -0.4 is 5.32 Å². The molecule has 0 saturated carbocycles. The van der Waals surface area contributed by atoms with Gasteiger partial charge in [0.15, 0.2) is 0 Å². The standard InChI is InChI=1S/C9H13NS/c1-2-6-10-8(4-1)9-5-3-7-11-9/h3,5,7-8,10H,1-2,4,6H2. The first-order valence-corrected chi connectivity index (χ1v) is 5.11. The number of piperidine rings is 1. The van der Waals surface area contributed by atoms with Gasteiger partial charge in [-0.15, -0.1) is 11.3 Å². The van der Waals surface area contributed by atoms with E-state index in [1.165, 1.54) is 30.7 Å². The van der Waals surface area contributed by atoms with Gasteiger partial charge in [0.05, 0.1) is 0 Å². The van der Waals surface area contributed by atoms with Crippen LogP contribution in [0.3, 0.4) is 0 Å². The smallest absolute Gasteiger partial charge is 0.0414 e. The summed E-state index contributed by atoms with van der Waals surface area (Å²) in [6.45, 7) is 1.20. The van der Waals surface area contributed by atoms with Crippen molar-refractivity contribution in [1.82, 2.24) is 5.32 Å². The van der Waals surface area contributed by atoms with Gasteiger partial charge in [-0.3, -0.25) is 0 Å². The highest BCUT2D eigenvalue weighted by molar-refractivity contribution is 7.10. The molecule has 2 heteroatoms. The summed E-state index contributed by atoms with van der Waals surface area (Å²) in [6, 6.07) is 5.02. The molecular weight excluding hydrogens is 154 g/mol. The maximum Gasteiger partial charge on any atom is 0.0414 e. The monoisotopic (exact) mass is 167 g/mol. The first-order valence-electron chi connectivity index (χ1n) is 4.23. The van der Waals surface area contributed by atoms with E-state index in [0.29, 0.717) is 6.04 Å². The van der Waals surface area contributed by atoms with Crippen molar-refractivity contribution in [1.29, 1.82) is 0 Å². The van der Waals surface area contributed by atoms with E-state index in [1.807, 2.05) is 11.3 Å². The largest absolute Gasteiger partial charge is 0.309 e. The molecule has 1 saturated heterocycles. The molecule has 1 nitrogen and oxygen atoms in total. The molecular formula is C9H13NS. The van der Waals surface area contributed by atoms with Gasteiger partial charge in [-0.25, -0.2) is 0 Å². The normalized spacial score (nSPS) is 25.3. The van der Waals surface area contributed by atoms with E-state index >= 15 is 0 Å². The van der Waals surface area contributed by atoms with Crippen LogP contribution in [0.25, 0.3) is 0 Å². The third-order valence-corrected chi connectivity index (χ3v) is 3.18. The Labute approximate surface area is 71.4 Å². The zero-order valence-corrected chi connectivity index (χ0v) is 7.36. The Morgan fingerprint density at radius 2 is 2.45 bits per heavy atom. The molecule has 11 heavy (non-hydrogen) atoms. The Morgan fingerprint density at radius 3 is 3.09 bits per heavy atom. The van der Waals surface area contributed by atoms with Crippen molar-refractivity contribution in [3.8, 4) is 0 Å². The molecule has 2 heterocycles. The second-order valence-electron chi connectivity index (χ2n) is 3.02. The van der Waals surface area contributed by atoms with Gasteiger partial charge < -0.3 is 5.32 Å². The lowest BCUT2D eigenvalue weighted by atomic mass is 10.0. The van der Waals surface area contributed by atoms with E-state index in [2.05, 4.69) is 22.8 Å². The molecule has 1 N–H and O–H groups in total. The number of hydrogen-bond donors (Lipinski definition) is 1. The lowest BCUT2D eigenvalue weighted by molar-refractivity contribution is 0.417. The lowest BCUT2D eigenvalue weighted by Gasteiger charge is -2.21. The molecule has 1 aromatic heterocycles. The SMILES string of the molecule is c1csc(C2CCCCN2)c1. The molecule has 1 fully saturated rings. The van der Waals surface area contributed by atoms with Gasteiger partial charge in [-0.2, -0.15) is 0 Å². The first-order chi connectivity index (χ1) is 5.47. The van der Waals surface area contributed by atoms with Crippen molar-refractivity contribution in [3.05, 3.63) is 22.4 Å². The van der Waals surface area contributed by atoms with Crippen molar-refractivity contribution in [2.45, 2.75) is 25.3 Å². The predicted molar refractivity (Wildman–Crippen MR) is 48.9 cm³/mol. The second kappa shape index (κ2) is 3.37. The van der Waals surface area contributed by atoms with Crippen LogP contribution in [0.1, 0.15) is 30.2 Å². The minimum absolute atomic E-state index is 0.656. The van der Waals surface area contributed by atoms with Crippen LogP contribution in [0.4, 0.5) is 0 Å². The fourth-order valence-electron chi connectivity index (χ4n) is 1.58. The van der Waals surface area contributed by atoms with E-state index in [0.717, 1.165) is 0 Å². The van der Waals surface area contributed by atoms with Crippen LogP contribution in [0.2, 0.25) is 0 Å². The van der Waals surface area contributed by atoms with Crippen LogP contribution in [-0.4, -0.2) is 6.54 Å². The van der Waals surface area contributed by atoms with Crippen molar-refractivity contribution < 1.29 is 0 Å². The third kappa shape index (κ3) is 1.63. The average Bonchev–Trinajstić information content (AvgIpc) is 2.58. The number of nitrogens with one attached hydrogen (secondary N) is 1. The summed E-state index contributed by atoms with van der Waals surface area (Å²) >= 11 is 1.87. The molecule has 1 aliphatic heterocycles. The van der Waals surface area contributed by atoms with Crippen molar-refractivity contribution >= 4 is 11.3 Å². The fraction of sp³-hybridized carbons (Fsp3) is 0.556. The maximum absolute atomic E-state index is 3.53. The van der Waals surface area contributed by atoms with Gasteiger partial charge in [0.25, 0.3) is 0 Å². The van der Waals surface area contributed by atoms with E-state index in [9.17, 15) is 0 Å². The molecule has 1 unspecified atom stereocenters. The lowest BCUT2D eigenvalue weighted by Crippen LogP contribution is -2.25. The summed E-state index contributed by atoms with van der Waals surface area (Å²) in [7, 11) is 0. The zero-order chi connectivity index (χ0) is 7.52. The number of thiophene rings is 1. The minimum atomic E-state index is 0.656. The number of hydrogen-bond acceptors (Lipinski definition) is 2. The highest BCUT2D eigenvalue weighted by atomic mass is 32.1. The molecule has 60 valence electrons. The summed E-state index contributed by atoms with van der Waals surface area (Å²) in [5.41, 5.74) is 0. The predicted octanol–water partition coefficient (Wildman–Crippen LogP) is 2.56. The van der Waals surface area contributed by atoms with E-state index < -0.39 is 0 Å².